The highest BCUT2D eigenvalue weighted by molar-refractivity contribution is 5.94. The zero-order valence-corrected chi connectivity index (χ0v) is 14.9. The molecule has 0 radical (unpaired) electrons. The van der Waals surface area contributed by atoms with Crippen LogP contribution in [0.15, 0.2) is 48.5 Å². The van der Waals surface area contributed by atoms with Gasteiger partial charge in [-0.25, -0.2) is 0 Å². The maximum Gasteiger partial charge on any atom is 0.253 e. The number of rotatable bonds is 5. The number of benzene rings is 2. The quantitative estimate of drug-likeness (QED) is 0.876. The van der Waals surface area contributed by atoms with Crippen molar-refractivity contribution >= 4 is 5.91 Å². The SMILES string of the molecule is CCc1ccc(C(=O)N2CCC(CCc3ccc(O)cc3)CC2)cc1. The molecule has 2 aromatic rings. The number of carbonyl (C=O) groups excluding carboxylic acids is 1. The molecule has 3 rings (SSSR count). The van der Waals surface area contributed by atoms with Gasteiger partial charge in [0.2, 0.25) is 0 Å². The Kier molecular flexibility index (Phi) is 5.75. The van der Waals surface area contributed by atoms with Gasteiger partial charge in [0.1, 0.15) is 5.75 Å². The lowest BCUT2D eigenvalue weighted by molar-refractivity contribution is 0.0687. The Bertz CT molecular complexity index is 683. The number of hydrogen-bond acceptors (Lipinski definition) is 2. The van der Waals surface area contributed by atoms with Crippen LogP contribution in [0.5, 0.6) is 5.75 Å². The predicted octanol–water partition coefficient (Wildman–Crippen LogP) is 4.44. The van der Waals surface area contributed by atoms with Crippen LogP contribution in [0, 0.1) is 5.92 Å². The molecule has 0 spiro atoms. The van der Waals surface area contributed by atoms with Gasteiger partial charge < -0.3 is 10.0 Å². The third-order valence-electron chi connectivity index (χ3n) is 5.29. The van der Waals surface area contributed by atoms with E-state index in [0.29, 0.717) is 11.7 Å². The number of aromatic hydroxyl groups is 1. The van der Waals surface area contributed by atoms with Crippen molar-refractivity contribution in [3.63, 3.8) is 0 Å². The highest BCUT2D eigenvalue weighted by atomic mass is 16.3. The second-order valence-corrected chi connectivity index (χ2v) is 6.99. The normalized spacial score (nSPS) is 15.3. The van der Waals surface area contributed by atoms with Crippen LogP contribution in [0.1, 0.15) is 47.7 Å². The molecule has 132 valence electrons. The van der Waals surface area contributed by atoms with Crippen molar-refractivity contribution in [2.45, 2.75) is 39.0 Å². The van der Waals surface area contributed by atoms with E-state index in [1.54, 1.807) is 12.1 Å². The lowest BCUT2D eigenvalue weighted by Crippen LogP contribution is -2.38. The fourth-order valence-electron chi connectivity index (χ4n) is 3.52. The molecule has 0 unspecified atom stereocenters. The summed E-state index contributed by atoms with van der Waals surface area (Å²) < 4.78 is 0. The summed E-state index contributed by atoms with van der Waals surface area (Å²) in [4.78, 5) is 14.6. The van der Waals surface area contributed by atoms with E-state index in [9.17, 15) is 9.90 Å². The van der Waals surface area contributed by atoms with Crippen molar-refractivity contribution in [3.8, 4) is 5.75 Å². The van der Waals surface area contributed by atoms with E-state index in [1.165, 1.54) is 11.1 Å². The number of nitrogens with zero attached hydrogens (tertiary/aromatic N) is 1. The standard InChI is InChI=1S/C22H27NO2/c1-2-17-5-9-20(10-6-17)22(25)23-15-13-19(14-16-23)4-3-18-7-11-21(24)12-8-18/h5-12,19,24H,2-4,13-16H2,1H3. The van der Waals surface area contributed by atoms with E-state index in [-0.39, 0.29) is 5.91 Å². The molecule has 1 amide bonds. The Balaban J connectivity index is 1.47. The van der Waals surface area contributed by atoms with Crippen LogP contribution in [-0.4, -0.2) is 29.0 Å². The first-order valence-corrected chi connectivity index (χ1v) is 9.32. The molecule has 1 N–H and O–H groups in total. The average molecular weight is 337 g/mol. The summed E-state index contributed by atoms with van der Waals surface area (Å²) in [6, 6.07) is 15.5. The number of carbonyl (C=O) groups is 1. The molecular formula is C22H27NO2. The number of phenols is 1. The van der Waals surface area contributed by atoms with Crippen molar-refractivity contribution in [1.82, 2.24) is 4.90 Å². The van der Waals surface area contributed by atoms with Crippen molar-refractivity contribution in [1.29, 1.82) is 0 Å². The fourth-order valence-corrected chi connectivity index (χ4v) is 3.52. The van der Waals surface area contributed by atoms with E-state index in [4.69, 9.17) is 0 Å². The minimum atomic E-state index is 0.166. The van der Waals surface area contributed by atoms with Crippen LogP contribution in [-0.2, 0) is 12.8 Å². The maximum absolute atomic E-state index is 12.6. The summed E-state index contributed by atoms with van der Waals surface area (Å²) in [5.41, 5.74) is 3.34. The summed E-state index contributed by atoms with van der Waals surface area (Å²) in [6.45, 7) is 3.84. The first-order chi connectivity index (χ1) is 12.2. The predicted molar refractivity (Wildman–Crippen MR) is 101 cm³/mol. The van der Waals surface area contributed by atoms with Gasteiger partial charge in [0.25, 0.3) is 5.91 Å². The number of likely N-dealkylation sites (tertiary alicyclic amines) is 1. The second-order valence-electron chi connectivity index (χ2n) is 6.99. The van der Waals surface area contributed by atoms with Gasteiger partial charge in [0.15, 0.2) is 0 Å². The zero-order valence-electron chi connectivity index (χ0n) is 14.9. The molecule has 0 bridgehead atoms. The van der Waals surface area contributed by atoms with E-state index in [1.807, 2.05) is 29.2 Å². The summed E-state index contributed by atoms with van der Waals surface area (Å²) in [5, 5.41) is 9.34. The third kappa shape index (κ3) is 4.62. The first-order valence-electron chi connectivity index (χ1n) is 9.32. The Hall–Kier alpha value is -2.29. The van der Waals surface area contributed by atoms with Gasteiger partial charge >= 0.3 is 0 Å². The van der Waals surface area contributed by atoms with Crippen molar-refractivity contribution < 1.29 is 9.90 Å². The molecule has 2 aromatic carbocycles. The molecule has 0 atom stereocenters. The molecule has 3 heteroatoms. The van der Waals surface area contributed by atoms with Gasteiger partial charge in [-0.15, -0.1) is 0 Å². The summed E-state index contributed by atoms with van der Waals surface area (Å²) >= 11 is 0. The van der Waals surface area contributed by atoms with Gasteiger partial charge in [0, 0.05) is 18.7 Å². The minimum Gasteiger partial charge on any atom is -0.508 e. The molecule has 1 fully saturated rings. The Labute approximate surface area is 150 Å². The van der Waals surface area contributed by atoms with Crippen molar-refractivity contribution in [2.24, 2.45) is 5.92 Å². The third-order valence-corrected chi connectivity index (χ3v) is 5.29. The number of aryl methyl sites for hydroxylation is 2. The van der Waals surface area contributed by atoms with E-state index in [2.05, 4.69) is 19.1 Å². The highest BCUT2D eigenvalue weighted by Gasteiger charge is 2.23. The minimum absolute atomic E-state index is 0.166. The zero-order chi connectivity index (χ0) is 17.6. The summed E-state index contributed by atoms with van der Waals surface area (Å²) in [5.74, 6) is 1.17. The summed E-state index contributed by atoms with van der Waals surface area (Å²) in [7, 11) is 0. The Morgan fingerprint density at radius 2 is 1.60 bits per heavy atom. The topological polar surface area (TPSA) is 40.5 Å². The van der Waals surface area contributed by atoms with E-state index in [0.717, 1.165) is 50.8 Å². The van der Waals surface area contributed by atoms with Crippen LogP contribution in [0.2, 0.25) is 0 Å². The molecule has 1 saturated heterocycles. The van der Waals surface area contributed by atoms with Gasteiger partial charge in [-0.3, -0.25) is 4.79 Å². The van der Waals surface area contributed by atoms with Gasteiger partial charge in [-0.2, -0.15) is 0 Å². The Morgan fingerprint density at radius 3 is 2.20 bits per heavy atom. The smallest absolute Gasteiger partial charge is 0.253 e. The van der Waals surface area contributed by atoms with Gasteiger partial charge in [-0.1, -0.05) is 31.2 Å². The molecule has 0 aliphatic carbocycles. The lowest BCUT2D eigenvalue weighted by atomic mass is 9.90. The van der Waals surface area contributed by atoms with E-state index < -0.39 is 0 Å². The first kappa shape index (κ1) is 17.5. The maximum atomic E-state index is 12.6. The Morgan fingerprint density at radius 1 is 1.00 bits per heavy atom. The van der Waals surface area contributed by atoms with Crippen LogP contribution in [0.4, 0.5) is 0 Å². The largest absolute Gasteiger partial charge is 0.508 e. The molecule has 0 aromatic heterocycles. The van der Waals surface area contributed by atoms with Gasteiger partial charge in [-0.05, 0) is 73.4 Å². The van der Waals surface area contributed by atoms with Gasteiger partial charge in [0.05, 0.1) is 0 Å². The second kappa shape index (κ2) is 8.19. The number of piperidine rings is 1. The lowest BCUT2D eigenvalue weighted by Gasteiger charge is -2.32. The highest BCUT2D eigenvalue weighted by Crippen LogP contribution is 2.24. The molecule has 1 aliphatic rings. The van der Waals surface area contributed by atoms with E-state index >= 15 is 0 Å². The molecule has 25 heavy (non-hydrogen) atoms. The van der Waals surface area contributed by atoms with Crippen LogP contribution in [0.25, 0.3) is 0 Å². The summed E-state index contributed by atoms with van der Waals surface area (Å²) in [6.07, 6.45) is 5.35. The molecule has 0 saturated carbocycles. The van der Waals surface area contributed by atoms with Crippen molar-refractivity contribution in [3.05, 3.63) is 65.2 Å². The molecule has 3 nitrogen and oxygen atoms in total. The average Bonchev–Trinajstić information content (AvgIpc) is 2.67. The molecule has 1 heterocycles. The number of amides is 1. The fraction of sp³-hybridized carbons (Fsp3) is 0.409. The molecule has 1 aliphatic heterocycles. The van der Waals surface area contributed by atoms with Crippen molar-refractivity contribution in [2.75, 3.05) is 13.1 Å². The number of phenolic OH excluding ortho intramolecular Hbond substituents is 1. The number of hydrogen-bond donors (Lipinski definition) is 1. The monoisotopic (exact) mass is 337 g/mol. The molecular weight excluding hydrogens is 310 g/mol. The van der Waals surface area contributed by atoms with Crippen LogP contribution >= 0.6 is 0 Å². The van der Waals surface area contributed by atoms with Crippen LogP contribution < -0.4 is 0 Å². The van der Waals surface area contributed by atoms with Crippen LogP contribution in [0.3, 0.4) is 0 Å².